The number of aromatic nitrogens is 3. The van der Waals surface area contributed by atoms with Crippen LogP contribution in [0.2, 0.25) is 0 Å². The number of hydrogen-bond acceptors (Lipinski definition) is 4. The molecule has 3 nitrogen and oxygen atoms in total. The second-order valence-corrected chi connectivity index (χ2v) is 8.90. The van der Waals surface area contributed by atoms with E-state index in [2.05, 4.69) is 67.6 Å². The molecule has 0 saturated carbocycles. The van der Waals surface area contributed by atoms with Crippen molar-refractivity contribution in [1.29, 1.82) is 0 Å². The minimum Gasteiger partial charge on any atom is -0.208 e. The van der Waals surface area contributed by atoms with Gasteiger partial charge in [-0.15, -0.1) is 11.3 Å². The van der Waals surface area contributed by atoms with E-state index in [0.29, 0.717) is 17.5 Å². The third-order valence-corrected chi connectivity index (χ3v) is 6.72. The van der Waals surface area contributed by atoms with Crippen LogP contribution in [0.1, 0.15) is 5.56 Å². The van der Waals surface area contributed by atoms with Crippen molar-refractivity contribution in [2.75, 3.05) is 0 Å². The first-order valence-electron chi connectivity index (χ1n) is 10.6. The first-order chi connectivity index (χ1) is 15.8. The van der Waals surface area contributed by atoms with E-state index in [1.165, 1.54) is 25.7 Å². The van der Waals surface area contributed by atoms with Gasteiger partial charge in [-0.2, -0.15) is 0 Å². The Morgan fingerprint density at radius 2 is 1.22 bits per heavy atom. The number of fused-ring (bicyclic) bond motifs is 3. The third kappa shape index (κ3) is 3.26. The van der Waals surface area contributed by atoms with Gasteiger partial charge in [-0.25, -0.2) is 15.0 Å². The molecule has 6 aromatic rings. The third-order valence-electron chi connectivity index (χ3n) is 5.59. The number of benzene rings is 4. The van der Waals surface area contributed by atoms with Crippen molar-refractivity contribution in [3.63, 3.8) is 0 Å². The fraction of sp³-hybridized carbons (Fsp3) is 0.0357. The quantitative estimate of drug-likeness (QED) is 0.291. The molecule has 0 aliphatic heterocycles. The topological polar surface area (TPSA) is 38.7 Å². The molecule has 2 heterocycles. The summed E-state index contributed by atoms with van der Waals surface area (Å²) in [7, 11) is 0. The second kappa shape index (κ2) is 7.66. The Bertz CT molecular complexity index is 1590. The lowest BCUT2D eigenvalue weighted by Crippen LogP contribution is -2.00. The van der Waals surface area contributed by atoms with Crippen molar-refractivity contribution in [3.8, 4) is 34.2 Å². The van der Waals surface area contributed by atoms with E-state index in [1.807, 2.05) is 36.4 Å². The van der Waals surface area contributed by atoms with Gasteiger partial charge in [0.05, 0.1) is 0 Å². The first kappa shape index (κ1) is 18.8. The van der Waals surface area contributed by atoms with Gasteiger partial charge in [0, 0.05) is 36.9 Å². The molecule has 32 heavy (non-hydrogen) atoms. The van der Waals surface area contributed by atoms with E-state index in [-0.39, 0.29) is 0 Å². The molecule has 0 radical (unpaired) electrons. The number of hydrogen-bond donors (Lipinski definition) is 0. The van der Waals surface area contributed by atoms with Crippen molar-refractivity contribution in [1.82, 2.24) is 15.0 Å². The summed E-state index contributed by atoms with van der Waals surface area (Å²) >= 11 is 1.80. The van der Waals surface area contributed by atoms with Crippen molar-refractivity contribution in [2.24, 2.45) is 0 Å². The summed E-state index contributed by atoms with van der Waals surface area (Å²) in [6.07, 6.45) is 0. The van der Waals surface area contributed by atoms with Crippen LogP contribution in [0.5, 0.6) is 0 Å². The Hall–Kier alpha value is -3.89. The zero-order valence-corrected chi connectivity index (χ0v) is 18.3. The molecule has 0 aliphatic carbocycles. The summed E-state index contributed by atoms with van der Waals surface area (Å²) in [5, 5.41) is 2.44. The fourth-order valence-electron chi connectivity index (χ4n) is 4.09. The molecular formula is C28H19N3S. The molecule has 0 atom stereocenters. The van der Waals surface area contributed by atoms with E-state index >= 15 is 0 Å². The van der Waals surface area contributed by atoms with Gasteiger partial charge in [-0.05, 0) is 25.1 Å². The predicted molar refractivity (Wildman–Crippen MR) is 134 cm³/mol. The molecule has 4 aromatic carbocycles. The molecule has 152 valence electrons. The van der Waals surface area contributed by atoms with E-state index in [9.17, 15) is 0 Å². The summed E-state index contributed by atoms with van der Waals surface area (Å²) in [5.74, 6) is 2.07. The van der Waals surface area contributed by atoms with Crippen LogP contribution in [0, 0.1) is 6.92 Å². The van der Waals surface area contributed by atoms with E-state index < -0.39 is 0 Å². The Morgan fingerprint density at radius 3 is 2.06 bits per heavy atom. The molecule has 0 bridgehead atoms. The minimum absolute atomic E-state index is 0.684. The maximum atomic E-state index is 4.96. The van der Waals surface area contributed by atoms with Crippen molar-refractivity contribution in [3.05, 3.63) is 103 Å². The van der Waals surface area contributed by atoms with E-state index in [1.54, 1.807) is 11.3 Å². The summed E-state index contributed by atoms with van der Waals surface area (Å²) in [5.41, 5.74) is 4.19. The predicted octanol–water partition coefficient (Wildman–Crippen LogP) is 7.55. The SMILES string of the molecule is Cc1cccc(-c2nc(-c3ccccc3)nc(-c3cccc4sc5ccccc5c34)n2)c1. The molecule has 4 heteroatoms. The fourth-order valence-corrected chi connectivity index (χ4v) is 5.22. The molecule has 0 saturated heterocycles. The van der Waals surface area contributed by atoms with Crippen LogP contribution in [0.4, 0.5) is 0 Å². The Balaban J connectivity index is 1.65. The highest BCUT2D eigenvalue weighted by Crippen LogP contribution is 2.39. The Kier molecular flexibility index (Phi) is 4.51. The normalized spacial score (nSPS) is 11.3. The lowest BCUT2D eigenvalue weighted by Gasteiger charge is -2.10. The molecule has 0 aliphatic rings. The van der Waals surface area contributed by atoms with Crippen LogP contribution in [0.25, 0.3) is 54.3 Å². The molecular weight excluding hydrogens is 410 g/mol. The van der Waals surface area contributed by atoms with Gasteiger partial charge >= 0.3 is 0 Å². The zero-order chi connectivity index (χ0) is 21.5. The minimum atomic E-state index is 0.684. The largest absolute Gasteiger partial charge is 0.208 e. The number of thiophene rings is 1. The highest BCUT2D eigenvalue weighted by atomic mass is 32.1. The molecule has 0 N–H and O–H groups in total. The van der Waals surface area contributed by atoms with Crippen LogP contribution in [-0.2, 0) is 0 Å². The van der Waals surface area contributed by atoms with E-state index in [0.717, 1.165) is 16.7 Å². The number of rotatable bonds is 3. The van der Waals surface area contributed by atoms with Crippen LogP contribution >= 0.6 is 11.3 Å². The van der Waals surface area contributed by atoms with Gasteiger partial charge < -0.3 is 0 Å². The van der Waals surface area contributed by atoms with Gasteiger partial charge in [-0.1, -0.05) is 84.4 Å². The lowest BCUT2D eigenvalue weighted by molar-refractivity contribution is 1.08. The van der Waals surface area contributed by atoms with E-state index in [4.69, 9.17) is 15.0 Å². The lowest BCUT2D eigenvalue weighted by atomic mass is 10.1. The van der Waals surface area contributed by atoms with Gasteiger partial charge in [0.2, 0.25) is 0 Å². The first-order valence-corrected chi connectivity index (χ1v) is 11.4. The zero-order valence-electron chi connectivity index (χ0n) is 17.5. The number of aryl methyl sites for hydroxylation is 1. The standard InChI is InChI=1S/C28H19N3S/c1-18-9-7-12-20(17-18)27-29-26(19-10-3-2-4-11-19)30-28(31-27)22-14-8-16-24-25(22)21-13-5-6-15-23(21)32-24/h2-17H,1H3. The molecule has 0 amide bonds. The maximum absolute atomic E-state index is 4.96. The molecule has 0 spiro atoms. The highest BCUT2D eigenvalue weighted by molar-refractivity contribution is 7.25. The smallest absolute Gasteiger partial charge is 0.164 e. The van der Waals surface area contributed by atoms with Crippen LogP contribution in [-0.4, -0.2) is 15.0 Å². The molecule has 0 unspecified atom stereocenters. The molecule has 6 rings (SSSR count). The Labute approximate surface area is 190 Å². The monoisotopic (exact) mass is 429 g/mol. The average molecular weight is 430 g/mol. The van der Waals surface area contributed by atoms with Crippen LogP contribution < -0.4 is 0 Å². The van der Waals surface area contributed by atoms with Crippen molar-refractivity contribution >= 4 is 31.5 Å². The van der Waals surface area contributed by atoms with Crippen molar-refractivity contribution in [2.45, 2.75) is 6.92 Å². The van der Waals surface area contributed by atoms with Crippen molar-refractivity contribution < 1.29 is 0 Å². The summed E-state index contributed by atoms with van der Waals surface area (Å²) < 4.78 is 2.51. The maximum Gasteiger partial charge on any atom is 0.164 e. The summed E-state index contributed by atoms with van der Waals surface area (Å²) in [4.78, 5) is 14.8. The van der Waals surface area contributed by atoms with Gasteiger partial charge in [0.1, 0.15) is 0 Å². The molecule has 0 fully saturated rings. The van der Waals surface area contributed by atoms with Crippen LogP contribution in [0.15, 0.2) is 97.1 Å². The second-order valence-electron chi connectivity index (χ2n) is 7.82. The van der Waals surface area contributed by atoms with Gasteiger partial charge in [0.15, 0.2) is 17.5 Å². The van der Waals surface area contributed by atoms with Gasteiger partial charge in [-0.3, -0.25) is 0 Å². The number of nitrogens with zero attached hydrogens (tertiary/aromatic N) is 3. The van der Waals surface area contributed by atoms with Crippen LogP contribution in [0.3, 0.4) is 0 Å². The summed E-state index contributed by atoms with van der Waals surface area (Å²) in [6.45, 7) is 2.09. The average Bonchev–Trinajstić information content (AvgIpc) is 3.23. The Morgan fingerprint density at radius 1 is 0.562 bits per heavy atom. The highest BCUT2D eigenvalue weighted by Gasteiger charge is 2.16. The molecule has 2 aromatic heterocycles. The van der Waals surface area contributed by atoms with Gasteiger partial charge in [0.25, 0.3) is 0 Å². The summed E-state index contributed by atoms with van der Waals surface area (Å²) in [6, 6.07) is 33.3.